The van der Waals surface area contributed by atoms with Gasteiger partial charge in [-0.25, -0.2) is 0 Å². The first-order chi connectivity index (χ1) is 13.0. The highest BCUT2D eigenvalue weighted by Gasteiger charge is 2.59. The summed E-state index contributed by atoms with van der Waals surface area (Å²) in [5.41, 5.74) is 0.319. The van der Waals surface area contributed by atoms with Gasteiger partial charge in [0.15, 0.2) is 5.96 Å². The molecule has 6 nitrogen and oxygen atoms in total. The molecular formula is C21H39IN4O2. The van der Waals surface area contributed by atoms with Crippen LogP contribution in [0.2, 0.25) is 0 Å². The van der Waals surface area contributed by atoms with Crippen molar-refractivity contribution in [2.24, 2.45) is 16.3 Å². The first kappa shape index (κ1) is 23.7. The van der Waals surface area contributed by atoms with Crippen LogP contribution in [0.1, 0.15) is 72.1 Å². The quantitative estimate of drug-likeness (QED) is 0.294. The Morgan fingerprint density at radius 1 is 1.18 bits per heavy atom. The first-order valence-electron chi connectivity index (χ1n) is 10.9. The second kappa shape index (κ2) is 10.5. The Hall–Kier alpha value is -0.570. The number of nitrogens with zero attached hydrogens (tertiary/aromatic N) is 1. The summed E-state index contributed by atoms with van der Waals surface area (Å²) >= 11 is 0. The van der Waals surface area contributed by atoms with Crippen molar-refractivity contribution in [3.63, 3.8) is 0 Å². The molecular weight excluding hydrogens is 467 g/mol. The van der Waals surface area contributed by atoms with Crippen molar-refractivity contribution in [2.45, 2.75) is 96.4 Å². The fourth-order valence-corrected chi connectivity index (χ4v) is 5.13. The van der Waals surface area contributed by atoms with Crippen molar-refractivity contribution in [2.75, 3.05) is 13.7 Å². The van der Waals surface area contributed by atoms with Crippen molar-refractivity contribution in [3.8, 4) is 0 Å². The van der Waals surface area contributed by atoms with Crippen LogP contribution in [-0.2, 0) is 9.53 Å². The SMILES string of the molecule is CCOC1CC(NC(=NC)NC2CCCC(C(=O)NC(C)C)C2)C12CCC2.I. The highest BCUT2D eigenvalue weighted by molar-refractivity contribution is 14.0. The van der Waals surface area contributed by atoms with Crippen LogP contribution in [0.25, 0.3) is 0 Å². The highest BCUT2D eigenvalue weighted by Crippen LogP contribution is 2.57. The molecule has 3 aliphatic rings. The summed E-state index contributed by atoms with van der Waals surface area (Å²) in [5.74, 6) is 1.20. The topological polar surface area (TPSA) is 74.8 Å². The molecule has 0 radical (unpaired) electrons. The van der Waals surface area contributed by atoms with Gasteiger partial charge in [-0.3, -0.25) is 9.79 Å². The fraction of sp³-hybridized carbons (Fsp3) is 0.905. The van der Waals surface area contributed by atoms with Crippen molar-refractivity contribution in [3.05, 3.63) is 0 Å². The van der Waals surface area contributed by atoms with Crippen LogP contribution >= 0.6 is 24.0 Å². The van der Waals surface area contributed by atoms with E-state index in [1.165, 1.54) is 19.3 Å². The molecule has 1 amide bonds. The van der Waals surface area contributed by atoms with Gasteiger partial charge >= 0.3 is 0 Å². The second-order valence-electron chi connectivity index (χ2n) is 8.90. The van der Waals surface area contributed by atoms with Gasteiger partial charge in [0, 0.05) is 43.1 Å². The van der Waals surface area contributed by atoms with Gasteiger partial charge in [-0.05, 0) is 59.3 Å². The van der Waals surface area contributed by atoms with E-state index in [1.54, 1.807) is 0 Å². The lowest BCUT2D eigenvalue weighted by atomic mass is 9.51. The Balaban J connectivity index is 0.00000280. The number of ether oxygens (including phenoxy) is 1. The lowest BCUT2D eigenvalue weighted by Crippen LogP contribution is -2.69. The van der Waals surface area contributed by atoms with E-state index in [1.807, 2.05) is 20.9 Å². The summed E-state index contributed by atoms with van der Waals surface area (Å²) in [4.78, 5) is 16.8. The molecule has 4 atom stereocenters. The monoisotopic (exact) mass is 506 g/mol. The van der Waals surface area contributed by atoms with E-state index in [9.17, 15) is 4.79 Å². The van der Waals surface area contributed by atoms with Gasteiger partial charge in [-0.15, -0.1) is 24.0 Å². The van der Waals surface area contributed by atoms with E-state index in [-0.39, 0.29) is 41.8 Å². The zero-order chi connectivity index (χ0) is 19.4. The average Bonchev–Trinajstić information content (AvgIpc) is 2.58. The minimum absolute atomic E-state index is 0. The Morgan fingerprint density at radius 2 is 1.93 bits per heavy atom. The van der Waals surface area contributed by atoms with Crippen LogP contribution < -0.4 is 16.0 Å². The van der Waals surface area contributed by atoms with Crippen molar-refractivity contribution in [1.29, 1.82) is 0 Å². The number of rotatable bonds is 6. The summed E-state index contributed by atoms with van der Waals surface area (Å²) in [6.45, 7) is 6.93. The molecule has 3 rings (SSSR count). The summed E-state index contributed by atoms with van der Waals surface area (Å²) in [6, 6.07) is 0.974. The summed E-state index contributed by atoms with van der Waals surface area (Å²) in [5, 5.41) is 10.3. The smallest absolute Gasteiger partial charge is 0.223 e. The number of carbonyl (C=O) groups is 1. The third-order valence-corrected chi connectivity index (χ3v) is 6.79. The predicted molar refractivity (Wildman–Crippen MR) is 124 cm³/mol. The van der Waals surface area contributed by atoms with E-state index in [2.05, 4.69) is 27.9 Å². The van der Waals surface area contributed by atoms with Crippen molar-refractivity contribution < 1.29 is 9.53 Å². The second-order valence-corrected chi connectivity index (χ2v) is 8.90. The molecule has 7 heteroatoms. The Kier molecular flexibility index (Phi) is 8.85. The number of nitrogens with one attached hydrogen (secondary N) is 3. The first-order valence-corrected chi connectivity index (χ1v) is 10.9. The number of halogens is 1. The minimum atomic E-state index is 0. The molecule has 0 aromatic rings. The average molecular weight is 506 g/mol. The fourth-order valence-electron chi connectivity index (χ4n) is 5.13. The maximum Gasteiger partial charge on any atom is 0.223 e. The third-order valence-electron chi connectivity index (χ3n) is 6.79. The van der Waals surface area contributed by atoms with Crippen LogP contribution in [0.4, 0.5) is 0 Å². The molecule has 4 unspecified atom stereocenters. The molecule has 0 bridgehead atoms. The largest absolute Gasteiger partial charge is 0.378 e. The maximum atomic E-state index is 12.4. The van der Waals surface area contributed by atoms with Crippen LogP contribution in [0.3, 0.4) is 0 Å². The van der Waals surface area contributed by atoms with Gasteiger partial charge in [-0.2, -0.15) is 0 Å². The summed E-state index contributed by atoms with van der Waals surface area (Å²) in [7, 11) is 1.84. The summed E-state index contributed by atoms with van der Waals surface area (Å²) in [6.07, 6.45) is 9.36. The molecule has 0 heterocycles. The highest BCUT2D eigenvalue weighted by atomic mass is 127. The molecule has 162 valence electrons. The van der Waals surface area contributed by atoms with Crippen molar-refractivity contribution >= 4 is 35.8 Å². The Bertz CT molecular complexity index is 551. The zero-order valence-corrected chi connectivity index (χ0v) is 20.3. The summed E-state index contributed by atoms with van der Waals surface area (Å²) < 4.78 is 5.96. The predicted octanol–water partition coefficient (Wildman–Crippen LogP) is 3.20. The Labute approximate surface area is 187 Å². The number of hydrogen-bond acceptors (Lipinski definition) is 3. The zero-order valence-electron chi connectivity index (χ0n) is 17.9. The van der Waals surface area contributed by atoms with Gasteiger partial charge in [-0.1, -0.05) is 12.8 Å². The van der Waals surface area contributed by atoms with Gasteiger partial charge in [0.2, 0.25) is 5.91 Å². The number of guanidine groups is 1. The standard InChI is InChI=1S/C21H38N4O2.HI/c1-5-27-18-13-17(21(18)10-7-11-21)25-20(22-4)24-16-9-6-8-15(12-16)19(26)23-14(2)3;/h14-18H,5-13H2,1-4H3,(H,23,26)(H2,22,24,25);1H. The molecule has 3 aliphatic carbocycles. The van der Waals surface area contributed by atoms with Gasteiger partial charge in [0.05, 0.1) is 6.10 Å². The van der Waals surface area contributed by atoms with Gasteiger partial charge < -0.3 is 20.7 Å². The van der Waals surface area contributed by atoms with E-state index in [4.69, 9.17) is 4.74 Å². The molecule has 0 aromatic heterocycles. The normalized spacial score (nSPS) is 31.4. The van der Waals surface area contributed by atoms with E-state index >= 15 is 0 Å². The molecule has 3 saturated carbocycles. The minimum Gasteiger partial charge on any atom is -0.378 e. The van der Waals surface area contributed by atoms with Crippen LogP contribution in [-0.4, -0.2) is 49.8 Å². The third kappa shape index (κ3) is 5.12. The molecule has 0 aliphatic heterocycles. The van der Waals surface area contributed by atoms with Crippen LogP contribution in [0.15, 0.2) is 4.99 Å². The van der Waals surface area contributed by atoms with E-state index in [0.717, 1.165) is 44.7 Å². The van der Waals surface area contributed by atoms with Crippen LogP contribution in [0.5, 0.6) is 0 Å². The molecule has 3 N–H and O–H groups in total. The van der Waals surface area contributed by atoms with Gasteiger partial charge in [0.1, 0.15) is 0 Å². The molecule has 0 aromatic carbocycles. The van der Waals surface area contributed by atoms with E-state index < -0.39 is 0 Å². The van der Waals surface area contributed by atoms with Crippen molar-refractivity contribution in [1.82, 2.24) is 16.0 Å². The lowest BCUT2D eigenvalue weighted by Gasteiger charge is -2.61. The number of hydrogen-bond donors (Lipinski definition) is 3. The molecule has 1 spiro atoms. The lowest BCUT2D eigenvalue weighted by molar-refractivity contribution is -0.168. The number of carbonyl (C=O) groups excluding carboxylic acids is 1. The Morgan fingerprint density at radius 3 is 2.50 bits per heavy atom. The number of amides is 1. The van der Waals surface area contributed by atoms with Crippen LogP contribution in [0, 0.1) is 11.3 Å². The molecule has 3 fully saturated rings. The van der Waals surface area contributed by atoms with Gasteiger partial charge in [0.25, 0.3) is 0 Å². The maximum absolute atomic E-state index is 12.4. The molecule has 28 heavy (non-hydrogen) atoms. The number of aliphatic imine (C=N–C) groups is 1. The molecule has 0 saturated heterocycles. The van der Waals surface area contributed by atoms with E-state index in [0.29, 0.717) is 23.6 Å².